The lowest BCUT2D eigenvalue weighted by atomic mass is 9.66. The van der Waals surface area contributed by atoms with Crippen molar-refractivity contribution in [2.24, 2.45) is 5.92 Å². The molecule has 2 aliphatic rings. The van der Waals surface area contributed by atoms with Gasteiger partial charge >= 0.3 is 6.03 Å². The number of rotatable bonds is 4. The number of nitrogens with zero attached hydrogens (tertiary/aromatic N) is 5. The molecule has 1 aliphatic carbocycles. The number of hydrogen-bond donors (Lipinski definition) is 0. The summed E-state index contributed by atoms with van der Waals surface area (Å²) in [5, 5.41) is 2.12. The number of urea groups is 1. The van der Waals surface area contributed by atoms with Crippen LogP contribution in [0.2, 0.25) is 0 Å². The van der Waals surface area contributed by atoms with Crippen molar-refractivity contribution in [2.45, 2.75) is 31.3 Å². The van der Waals surface area contributed by atoms with E-state index < -0.39 is 0 Å². The third-order valence-electron chi connectivity index (χ3n) is 5.75. The van der Waals surface area contributed by atoms with Crippen LogP contribution in [0.5, 0.6) is 0 Å². The van der Waals surface area contributed by atoms with Crippen LogP contribution in [0.4, 0.5) is 10.7 Å². The topological polar surface area (TPSA) is 52.6 Å². The van der Waals surface area contributed by atoms with Crippen molar-refractivity contribution < 1.29 is 4.79 Å². The van der Waals surface area contributed by atoms with E-state index in [4.69, 9.17) is 0 Å². The van der Waals surface area contributed by atoms with E-state index in [1.807, 2.05) is 26.0 Å². The van der Waals surface area contributed by atoms with Gasteiger partial charge < -0.3 is 14.7 Å². The standard InChI is InChI=1S/C19H25N5OS/c1-22(2)17-20-11-14(12-21-17)13-23(3)18(25)24-9-7-15-6-8-19(15,24)16-5-4-10-26-16/h4-5,10-12,15H,6-9,13H2,1-3H3. The van der Waals surface area contributed by atoms with Gasteiger partial charge in [-0.2, -0.15) is 0 Å². The zero-order valence-corrected chi connectivity index (χ0v) is 16.4. The summed E-state index contributed by atoms with van der Waals surface area (Å²) in [4.78, 5) is 29.0. The van der Waals surface area contributed by atoms with Crippen LogP contribution in [0.1, 0.15) is 29.7 Å². The fourth-order valence-electron chi connectivity index (χ4n) is 4.30. The highest BCUT2D eigenvalue weighted by molar-refractivity contribution is 7.10. The van der Waals surface area contributed by atoms with Gasteiger partial charge in [0.05, 0.1) is 12.1 Å². The molecule has 0 radical (unpaired) electrons. The van der Waals surface area contributed by atoms with E-state index in [1.165, 1.54) is 11.3 Å². The zero-order valence-electron chi connectivity index (χ0n) is 15.6. The van der Waals surface area contributed by atoms with Gasteiger partial charge in [-0.25, -0.2) is 14.8 Å². The van der Waals surface area contributed by atoms with Gasteiger partial charge in [-0.1, -0.05) is 6.07 Å². The van der Waals surface area contributed by atoms with Crippen molar-refractivity contribution in [2.75, 3.05) is 32.6 Å². The Kier molecular flexibility index (Phi) is 4.34. The number of likely N-dealkylation sites (tertiary alicyclic amines) is 1. The summed E-state index contributed by atoms with van der Waals surface area (Å²) < 4.78 is 0. The van der Waals surface area contributed by atoms with E-state index in [0.29, 0.717) is 18.4 Å². The van der Waals surface area contributed by atoms with E-state index in [1.54, 1.807) is 28.6 Å². The van der Waals surface area contributed by atoms with Crippen molar-refractivity contribution in [1.82, 2.24) is 19.8 Å². The average molecular weight is 372 g/mol. The molecule has 7 heteroatoms. The lowest BCUT2D eigenvalue weighted by Crippen LogP contribution is -2.55. The average Bonchev–Trinajstić information content (AvgIpc) is 3.21. The van der Waals surface area contributed by atoms with Gasteiger partial charge in [0.2, 0.25) is 5.95 Å². The Bertz CT molecular complexity index is 776. The maximum atomic E-state index is 13.2. The lowest BCUT2D eigenvalue weighted by molar-refractivity contribution is 0.0311. The maximum absolute atomic E-state index is 13.2. The SMILES string of the molecule is CN(Cc1cnc(N(C)C)nc1)C(=O)N1CCC2CCC21c1cccs1. The monoisotopic (exact) mass is 371 g/mol. The Morgan fingerprint density at radius 3 is 2.65 bits per heavy atom. The fourth-order valence-corrected chi connectivity index (χ4v) is 5.35. The number of carbonyl (C=O) groups is 1. The Hall–Kier alpha value is -2.15. The van der Waals surface area contributed by atoms with Crippen LogP contribution >= 0.6 is 11.3 Å². The smallest absolute Gasteiger partial charge is 0.320 e. The molecule has 4 rings (SSSR count). The van der Waals surface area contributed by atoms with Gasteiger partial charge in [-0.3, -0.25) is 0 Å². The molecular weight excluding hydrogens is 346 g/mol. The minimum Gasteiger partial charge on any atom is -0.347 e. The van der Waals surface area contributed by atoms with Crippen LogP contribution in [0, 0.1) is 5.92 Å². The van der Waals surface area contributed by atoms with E-state index in [9.17, 15) is 4.79 Å². The highest BCUT2D eigenvalue weighted by atomic mass is 32.1. The minimum atomic E-state index is -0.0647. The molecule has 6 nitrogen and oxygen atoms in total. The zero-order chi connectivity index (χ0) is 18.3. The molecular formula is C19H25N5OS. The molecule has 2 unspecified atom stereocenters. The summed E-state index contributed by atoms with van der Waals surface area (Å²) in [6, 6.07) is 4.40. The van der Waals surface area contributed by atoms with E-state index in [2.05, 4.69) is 32.4 Å². The van der Waals surface area contributed by atoms with Gasteiger partial charge in [0.1, 0.15) is 0 Å². The van der Waals surface area contributed by atoms with E-state index >= 15 is 0 Å². The molecule has 1 saturated heterocycles. The molecule has 0 aromatic carbocycles. The number of thiophene rings is 1. The van der Waals surface area contributed by atoms with Gasteiger partial charge in [0.15, 0.2) is 0 Å². The molecule has 138 valence electrons. The molecule has 2 atom stereocenters. The van der Waals surface area contributed by atoms with E-state index in [0.717, 1.165) is 24.9 Å². The van der Waals surface area contributed by atoms with Crippen LogP contribution in [-0.2, 0) is 12.1 Å². The minimum absolute atomic E-state index is 0.0647. The van der Waals surface area contributed by atoms with Crippen LogP contribution in [0.15, 0.2) is 29.9 Å². The Labute approximate surface area is 158 Å². The summed E-state index contributed by atoms with van der Waals surface area (Å²) in [5.41, 5.74) is 0.881. The number of amides is 2. The first-order valence-corrected chi connectivity index (χ1v) is 9.95. The van der Waals surface area contributed by atoms with Crippen LogP contribution < -0.4 is 4.90 Å². The van der Waals surface area contributed by atoms with Gasteiger partial charge in [0, 0.05) is 50.5 Å². The van der Waals surface area contributed by atoms with Crippen LogP contribution in [0.3, 0.4) is 0 Å². The number of anilines is 1. The first-order chi connectivity index (χ1) is 12.5. The molecule has 0 N–H and O–H groups in total. The van der Waals surface area contributed by atoms with Crippen LogP contribution in [-0.4, -0.2) is 53.5 Å². The highest BCUT2D eigenvalue weighted by Crippen LogP contribution is 2.58. The van der Waals surface area contributed by atoms with Crippen molar-refractivity contribution in [1.29, 1.82) is 0 Å². The third-order valence-corrected chi connectivity index (χ3v) is 6.79. The molecule has 2 amide bonds. The summed E-state index contributed by atoms with van der Waals surface area (Å²) >= 11 is 1.78. The predicted octanol–water partition coefficient (Wildman–Crippen LogP) is 3.17. The lowest BCUT2D eigenvalue weighted by Gasteiger charge is -2.50. The number of hydrogen-bond acceptors (Lipinski definition) is 5. The quantitative estimate of drug-likeness (QED) is 0.828. The molecule has 1 saturated carbocycles. The molecule has 2 aromatic heterocycles. The van der Waals surface area contributed by atoms with Crippen molar-refractivity contribution in [3.8, 4) is 0 Å². The van der Waals surface area contributed by atoms with E-state index in [-0.39, 0.29) is 11.6 Å². The first-order valence-electron chi connectivity index (χ1n) is 9.07. The van der Waals surface area contributed by atoms with Crippen LogP contribution in [0.25, 0.3) is 0 Å². The molecule has 2 fully saturated rings. The second-order valence-corrected chi connectivity index (χ2v) is 8.45. The molecule has 2 aromatic rings. The number of fused-ring (bicyclic) bond motifs is 1. The molecule has 0 spiro atoms. The predicted molar refractivity (Wildman–Crippen MR) is 103 cm³/mol. The Balaban J connectivity index is 1.50. The molecule has 26 heavy (non-hydrogen) atoms. The Morgan fingerprint density at radius 1 is 1.31 bits per heavy atom. The summed E-state index contributed by atoms with van der Waals surface area (Å²) in [6.07, 6.45) is 7.02. The van der Waals surface area contributed by atoms with Crippen molar-refractivity contribution >= 4 is 23.3 Å². The second kappa shape index (κ2) is 6.54. The number of aromatic nitrogens is 2. The first kappa shape index (κ1) is 17.3. The third kappa shape index (κ3) is 2.65. The Morgan fingerprint density at radius 2 is 2.08 bits per heavy atom. The highest BCUT2D eigenvalue weighted by Gasteiger charge is 2.58. The van der Waals surface area contributed by atoms with Gasteiger partial charge in [-0.15, -0.1) is 11.3 Å². The second-order valence-electron chi connectivity index (χ2n) is 7.50. The fraction of sp³-hybridized carbons (Fsp3) is 0.526. The normalized spacial score (nSPS) is 24.1. The van der Waals surface area contributed by atoms with Crippen molar-refractivity contribution in [3.05, 3.63) is 40.3 Å². The molecule has 3 heterocycles. The maximum Gasteiger partial charge on any atom is 0.320 e. The summed E-state index contributed by atoms with van der Waals surface area (Å²) in [5.74, 6) is 1.29. The number of carbonyl (C=O) groups excluding carboxylic acids is 1. The molecule has 0 bridgehead atoms. The van der Waals surface area contributed by atoms with Gasteiger partial charge in [-0.05, 0) is 36.6 Å². The van der Waals surface area contributed by atoms with Crippen molar-refractivity contribution in [3.63, 3.8) is 0 Å². The molecule has 1 aliphatic heterocycles. The van der Waals surface area contributed by atoms with Gasteiger partial charge in [0.25, 0.3) is 0 Å². The summed E-state index contributed by atoms with van der Waals surface area (Å²) in [7, 11) is 5.70. The summed E-state index contributed by atoms with van der Waals surface area (Å²) in [6.45, 7) is 1.37. The largest absolute Gasteiger partial charge is 0.347 e.